The number of nitrogens with zero attached hydrogens (tertiary/aromatic N) is 2. The van der Waals surface area contributed by atoms with Gasteiger partial charge in [0.05, 0.1) is 16.9 Å². The topological polar surface area (TPSA) is 90.0 Å². The van der Waals surface area contributed by atoms with E-state index in [1.807, 2.05) is 36.0 Å². The van der Waals surface area contributed by atoms with E-state index in [9.17, 15) is 8.42 Å². The fourth-order valence-corrected chi connectivity index (χ4v) is 3.97. The Bertz CT molecular complexity index is 1040. The van der Waals surface area contributed by atoms with E-state index < -0.39 is 10.0 Å². The van der Waals surface area contributed by atoms with Gasteiger partial charge in [0, 0.05) is 31.0 Å². The van der Waals surface area contributed by atoms with Crippen LogP contribution < -0.4 is 10.5 Å². The van der Waals surface area contributed by atoms with Crippen LogP contribution in [0.15, 0.2) is 59.9 Å². The van der Waals surface area contributed by atoms with Crippen molar-refractivity contribution in [2.75, 3.05) is 11.9 Å². The van der Waals surface area contributed by atoms with E-state index in [0.29, 0.717) is 23.7 Å². The number of hydrogen-bond acceptors (Lipinski definition) is 4. The molecule has 0 aliphatic heterocycles. The third-order valence-electron chi connectivity index (χ3n) is 4.65. The summed E-state index contributed by atoms with van der Waals surface area (Å²) in [4.78, 5) is 4.52. The number of nitrogens with two attached hydrogens (primary N) is 1. The Labute approximate surface area is 160 Å². The molecular formula is C20H24N4O2S. The molecule has 0 saturated carbocycles. The number of aryl methyl sites for hydroxylation is 1. The molecule has 27 heavy (non-hydrogen) atoms. The lowest BCUT2D eigenvalue weighted by Crippen LogP contribution is -2.16. The van der Waals surface area contributed by atoms with Crippen LogP contribution in [-0.4, -0.2) is 24.5 Å². The van der Waals surface area contributed by atoms with E-state index in [1.54, 1.807) is 25.4 Å². The van der Waals surface area contributed by atoms with Crippen molar-refractivity contribution in [1.82, 2.24) is 9.55 Å². The van der Waals surface area contributed by atoms with E-state index in [1.165, 1.54) is 5.56 Å². The lowest BCUT2D eigenvalue weighted by molar-refractivity contribution is 0.597. The fourth-order valence-electron chi connectivity index (χ4n) is 3.18. The smallest absolute Gasteiger partial charge is 0.238 e. The second-order valence-electron chi connectivity index (χ2n) is 6.77. The third-order valence-corrected chi connectivity index (χ3v) is 5.71. The van der Waals surface area contributed by atoms with Crippen LogP contribution >= 0.6 is 0 Å². The van der Waals surface area contributed by atoms with Crippen molar-refractivity contribution in [3.05, 3.63) is 66.1 Å². The molecule has 0 aliphatic carbocycles. The zero-order valence-electron chi connectivity index (χ0n) is 15.7. The number of hydrogen-bond donors (Lipinski definition) is 2. The molecule has 0 unspecified atom stereocenters. The van der Waals surface area contributed by atoms with Gasteiger partial charge in [0.15, 0.2) is 0 Å². The van der Waals surface area contributed by atoms with Crippen molar-refractivity contribution >= 4 is 15.7 Å². The Morgan fingerprint density at radius 1 is 1.19 bits per heavy atom. The molecule has 142 valence electrons. The number of rotatable bonds is 6. The van der Waals surface area contributed by atoms with E-state index >= 15 is 0 Å². The highest BCUT2D eigenvalue weighted by Gasteiger charge is 2.20. The highest BCUT2D eigenvalue weighted by Crippen LogP contribution is 2.34. The van der Waals surface area contributed by atoms with Crippen LogP contribution in [0.3, 0.4) is 0 Å². The predicted molar refractivity (Wildman–Crippen MR) is 108 cm³/mol. The first-order chi connectivity index (χ1) is 12.8. The molecule has 1 atom stereocenters. The van der Waals surface area contributed by atoms with Crippen LogP contribution in [-0.2, 0) is 17.1 Å². The second kappa shape index (κ2) is 7.54. The fraction of sp³-hybridized carbons (Fsp3) is 0.250. The summed E-state index contributed by atoms with van der Waals surface area (Å²) in [7, 11) is -1.94. The van der Waals surface area contributed by atoms with Crippen molar-refractivity contribution in [2.45, 2.75) is 24.7 Å². The first kappa shape index (κ1) is 19.1. The largest absolute Gasteiger partial charge is 0.384 e. The summed E-state index contributed by atoms with van der Waals surface area (Å²) in [5, 5.41) is 8.84. The maximum absolute atomic E-state index is 11.9. The number of sulfonamides is 1. The molecule has 3 rings (SSSR count). The van der Waals surface area contributed by atoms with Crippen molar-refractivity contribution < 1.29 is 8.42 Å². The van der Waals surface area contributed by atoms with E-state index in [4.69, 9.17) is 5.14 Å². The summed E-state index contributed by atoms with van der Waals surface area (Å²) < 4.78 is 25.7. The summed E-state index contributed by atoms with van der Waals surface area (Å²) >= 11 is 0. The van der Waals surface area contributed by atoms with Crippen LogP contribution in [0.2, 0.25) is 0 Å². The maximum atomic E-state index is 11.9. The van der Waals surface area contributed by atoms with E-state index in [2.05, 4.69) is 29.4 Å². The van der Waals surface area contributed by atoms with Crippen molar-refractivity contribution in [3.63, 3.8) is 0 Å². The lowest BCUT2D eigenvalue weighted by atomic mass is 10.00. The predicted octanol–water partition coefficient (Wildman–Crippen LogP) is 3.26. The number of nitrogens with one attached hydrogen (secondary N) is 1. The Balaban J connectivity index is 1.98. The Morgan fingerprint density at radius 3 is 2.48 bits per heavy atom. The molecule has 0 spiro atoms. The molecule has 0 saturated heterocycles. The number of imidazole rings is 1. The van der Waals surface area contributed by atoms with Crippen LogP contribution in [0.5, 0.6) is 0 Å². The molecule has 3 aromatic rings. The second-order valence-corrected chi connectivity index (χ2v) is 8.30. The molecule has 7 heteroatoms. The lowest BCUT2D eigenvalue weighted by Gasteiger charge is -2.18. The molecule has 0 bridgehead atoms. The zero-order valence-corrected chi connectivity index (χ0v) is 16.5. The highest BCUT2D eigenvalue weighted by atomic mass is 32.2. The quantitative estimate of drug-likeness (QED) is 0.682. The van der Waals surface area contributed by atoms with Gasteiger partial charge in [-0.2, -0.15) is 0 Å². The molecule has 3 N–H and O–H groups in total. The SMILES string of the molecule is Cc1c(S(N)(=O)=O)ccc(NC[C@@H](C)c2ccccc2)c1-c1cn(C)cn1. The molecule has 0 aliphatic rings. The molecule has 0 fully saturated rings. The summed E-state index contributed by atoms with van der Waals surface area (Å²) in [6.07, 6.45) is 3.55. The van der Waals surface area contributed by atoms with Gasteiger partial charge in [-0.1, -0.05) is 37.3 Å². The van der Waals surface area contributed by atoms with Gasteiger partial charge in [-0.25, -0.2) is 18.5 Å². The van der Waals surface area contributed by atoms with Crippen molar-refractivity contribution in [2.24, 2.45) is 12.2 Å². The standard InChI is InChI=1S/C20H24N4O2S/c1-14(16-7-5-4-6-8-16)11-22-17-9-10-19(27(21,25)26)15(2)20(17)18-12-24(3)13-23-18/h4-10,12-14,22H,11H2,1-3H3,(H2,21,25,26)/t14-/m1/s1. The minimum absolute atomic E-state index is 0.116. The van der Waals surface area contributed by atoms with Gasteiger partial charge in [0.2, 0.25) is 10.0 Å². The van der Waals surface area contributed by atoms with Gasteiger partial charge < -0.3 is 9.88 Å². The number of primary sulfonamides is 1. The average Bonchev–Trinajstić information content (AvgIpc) is 3.05. The molecule has 1 heterocycles. The van der Waals surface area contributed by atoms with Crippen molar-refractivity contribution in [3.8, 4) is 11.3 Å². The Kier molecular flexibility index (Phi) is 5.34. The minimum Gasteiger partial charge on any atom is -0.384 e. The summed E-state index contributed by atoms with van der Waals surface area (Å²) in [6.45, 7) is 4.61. The molecule has 2 aromatic carbocycles. The Morgan fingerprint density at radius 2 is 1.89 bits per heavy atom. The molecule has 0 amide bonds. The molecule has 1 aromatic heterocycles. The zero-order chi connectivity index (χ0) is 19.6. The molecule has 0 radical (unpaired) electrons. The first-order valence-electron chi connectivity index (χ1n) is 8.71. The first-order valence-corrected chi connectivity index (χ1v) is 10.3. The number of aromatic nitrogens is 2. The number of benzene rings is 2. The molecular weight excluding hydrogens is 360 g/mol. The maximum Gasteiger partial charge on any atom is 0.238 e. The van der Waals surface area contributed by atoms with Crippen molar-refractivity contribution in [1.29, 1.82) is 0 Å². The van der Waals surface area contributed by atoms with Gasteiger partial charge in [-0.15, -0.1) is 0 Å². The number of anilines is 1. The average molecular weight is 385 g/mol. The van der Waals surface area contributed by atoms with E-state index in [-0.39, 0.29) is 4.90 Å². The van der Waals surface area contributed by atoms with Crippen LogP contribution in [0.4, 0.5) is 5.69 Å². The van der Waals surface area contributed by atoms with Crippen LogP contribution in [0, 0.1) is 6.92 Å². The van der Waals surface area contributed by atoms with E-state index in [0.717, 1.165) is 11.3 Å². The highest BCUT2D eigenvalue weighted by molar-refractivity contribution is 7.89. The minimum atomic E-state index is -3.81. The van der Waals surface area contributed by atoms with Gasteiger partial charge >= 0.3 is 0 Å². The van der Waals surface area contributed by atoms with Gasteiger partial charge in [0.1, 0.15) is 0 Å². The normalized spacial score (nSPS) is 12.7. The Hall–Kier alpha value is -2.64. The summed E-state index contributed by atoms with van der Waals surface area (Å²) in [6, 6.07) is 13.5. The summed E-state index contributed by atoms with van der Waals surface area (Å²) in [5.74, 6) is 0.293. The molecule has 6 nitrogen and oxygen atoms in total. The van der Waals surface area contributed by atoms with Crippen LogP contribution in [0.1, 0.15) is 24.0 Å². The summed E-state index contributed by atoms with van der Waals surface area (Å²) in [5.41, 5.74) is 4.12. The van der Waals surface area contributed by atoms with Gasteiger partial charge in [-0.3, -0.25) is 0 Å². The third kappa shape index (κ3) is 4.20. The van der Waals surface area contributed by atoms with Crippen LogP contribution in [0.25, 0.3) is 11.3 Å². The van der Waals surface area contributed by atoms with Gasteiger partial charge in [0.25, 0.3) is 0 Å². The monoisotopic (exact) mass is 384 g/mol. The van der Waals surface area contributed by atoms with Gasteiger partial charge in [-0.05, 0) is 36.1 Å².